The molecule has 45 heavy (non-hydrogen) atoms. The van der Waals surface area contributed by atoms with Gasteiger partial charge in [-0.1, -0.05) is 43.3 Å². The Morgan fingerprint density at radius 1 is 0.644 bits per heavy atom. The summed E-state index contributed by atoms with van der Waals surface area (Å²) in [7, 11) is 1.97. The molecule has 236 valence electrons. The number of furan rings is 3. The fourth-order valence-corrected chi connectivity index (χ4v) is 6.05. The zero-order valence-electron chi connectivity index (χ0n) is 26.4. The van der Waals surface area contributed by atoms with E-state index in [0.717, 1.165) is 44.4 Å². The molecule has 0 aliphatic heterocycles. The van der Waals surface area contributed by atoms with Crippen LogP contribution in [0.25, 0.3) is 32.9 Å². The van der Waals surface area contributed by atoms with Gasteiger partial charge in [-0.2, -0.15) is 0 Å². The van der Waals surface area contributed by atoms with E-state index in [1.807, 2.05) is 69.4 Å². The van der Waals surface area contributed by atoms with E-state index in [0.29, 0.717) is 36.2 Å². The number of hydrogen-bond acceptors (Lipinski definition) is 6. The van der Waals surface area contributed by atoms with Crippen molar-refractivity contribution in [3.63, 3.8) is 0 Å². The summed E-state index contributed by atoms with van der Waals surface area (Å²) in [6.45, 7) is 9.20. The number of alkyl halides is 2. The number of likely N-dealkylation sites (N-methyl/N-ethyl adjacent to an activating group) is 1. The molecule has 0 bridgehead atoms. The summed E-state index contributed by atoms with van der Waals surface area (Å²) in [6.07, 6.45) is 0.462. The molecular formula is C37H41ClFN3O3. The van der Waals surface area contributed by atoms with Gasteiger partial charge >= 0.3 is 0 Å². The Labute approximate surface area is 268 Å². The van der Waals surface area contributed by atoms with Crippen LogP contribution >= 0.6 is 11.6 Å². The minimum atomic E-state index is -1.22. The van der Waals surface area contributed by atoms with Crippen LogP contribution in [0.4, 0.5) is 4.39 Å². The van der Waals surface area contributed by atoms with Crippen LogP contribution in [0.2, 0.25) is 0 Å². The highest BCUT2D eigenvalue weighted by Gasteiger charge is 2.21. The van der Waals surface area contributed by atoms with Gasteiger partial charge in [0.05, 0.1) is 24.7 Å². The summed E-state index contributed by atoms with van der Waals surface area (Å²) in [5.74, 6) is 1.90. The Morgan fingerprint density at radius 3 is 1.87 bits per heavy atom. The Bertz CT molecular complexity index is 1890. The number of nitrogens with one attached hydrogen (secondary N) is 3. The lowest BCUT2D eigenvalue weighted by atomic mass is 9.94. The minimum Gasteiger partial charge on any atom is -0.464 e. The molecule has 0 spiro atoms. The molecule has 6 unspecified atom stereocenters. The van der Waals surface area contributed by atoms with Crippen molar-refractivity contribution < 1.29 is 17.6 Å². The highest BCUT2D eigenvalue weighted by molar-refractivity contribution is 6.21. The van der Waals surface area contributed by atoms with Crippen LogP contribution in [0.1, 0.15) is 73.4 Å². The van der Waals surface area contributed by atoms with E-state index in [1.54, 1.807) is 12.3 Å². The monoisotopic (exact) mass is 629 g/mol. The molecule has 6 nitrogen and oxygen atoms in total. The average Bonchev–Trinajstić information content (AvgIpc) is 3.81. The molecule has 3 N–H and O–H groups in total. The van der Waals surface area contributed by atoms with E-state index in [4.69, 9.17) is 24.9 Å². The van der Waals surface area contributed by atoms with Gasteiger partial charge in [0, 0.05) is 34.3 Å². The van der Waals surface area contributed by atoms with Gasteiger partial charge in [-0.05, 0) is 86.8 Å². The maximum Gasteiger partial charge on any atom is 0.140 e. The smallest absolute Gasteiger partial charge is 0.140 e. The number of halogens is 2. The molecule has 6 rings (SSSR count). The maximum atomic E-state index is 15.6. The van der Waals surface area contributed by atoms with E-state index in [9.17, 15) is 0 Å². The molecule has 6 atom stereocenters. The summed E-state index contributed by atoms with van der Waals surface area (Å²) in [6, 6.07) is 23.8. The minimum absolute atomic E-state index is 0.0237. The second kappa shape index (κ2) is 13.4. The van der Waals surface area contributed by atoms with Gasteiger partial charge in [-0.25, -0.2) is 4.39 Å². The summed E-state index contributed by atoms with van der Waals surface area (Å²) in [4.78, 5) is 0. The van der Waals surface area contributed by atoms with Gasteiger partial charge < -0.3 is 29.2 Å². The van der Waals surface area contributed by atoms with E-state index in [1.165, 1.54) is 5.56 Å². The summed E-state index contributed by atoms with van der Waals surface area (Å²) < 4.78 is 33.4. The Balaban J connectivity index is 1.05. The highest BCUT2D eigenvalue weighted by atomic mass is 35.5. The molecular weight excluding hydrogens is 589 g/mol. The van der Waals surface area contributed by atoms with Gasteiger partial charge in [0.2, 0.25) is 0 Å². The standard InChI is InChI=1S/C37H41ClFN3O3/c1-21(22(2)40-5)26-7-8-27-14-32(44-34(27)16-26)20-42-24(4)37(39)30-11-9-28-15-31(45-35(28)18-30)19-41-23(3)36(38)29-10-6-25-12-13-43-33(25)17-29/h6-18,21-24,36-37,40-42H,19-20H2,1-5H3. The molecule has 0 saturated heterocycles. The number of fused-ring (bicyclic) bond motifs is 3. The molecule has 3 aromatic carbocycles. The van der Waals surface area contributed by atoms with Crippen molar-refractivity contribution in [1.82, 2.24) is 16.0 Å². The van der Waals surface area contributed by atoms with Crippen LogP contribution in [-0.4, -0.2) is 25.2 Å². The molecule has 0 amide bonds. The average molecular weight is 630 g/mol. The normalized spacial score (nSPS) is 16.2. The van der Waals surface area contributed by atoms with E-state index >= 15 is 4.39 Å². The summed E-state index contributed by atoms with van der Waals surface area (Å²) in [5, 5.41) is 12.9. The second-order valence-corrected chi connectivity index (χ2v) is 12.7. The Morgan fingerprint density at radius 2 is 1.20 bits per heavy atom. The van der Waals surface area contributed by atoms with Crippen LogP contribution in [0.5, 0.6) is 0 Å². The SMILES string of the molecule is CNC(C)C(C)c1ccc2cc(CNC(C)C(F)c3ccc4cc(CNC(C)C(Cl)c5ccc6ccoc6c5)oc4c3)oc2c1. The lowest BCUT2D eigenvalue weighted by Crippen LogP contribution is -2.29. The van der Waals surface area contributed by atoms with Crippen LogP contribution in [0, 0.1) is 0 Å². The predicted octanol–water partition coefficient (Wildman–Crippen LogP) is 9.28. The lowest BCUT2D eigenvalue weighted by molar-refractivity contribution is 0.261. The molecule has 0 fully saturated rings. The first-order valence-corrected chi connectivity index (χ1v) is 16.1. The third-order valence-corrected chi connectivity index (χ3v) is 9.74. The van der Waals surface area contributed by atoms with Crippen molar-refractivity contribution in [2.24, 2.45) is 0 Å². The van der Waals surface area contributed by atoms with Crippen molar-refractivity contribution in [2.45, 2.75) is 76.4 Å². The quantitative estimate of drug-likeness (QED) is 0.111. The van der Waals surface area contributed by atoms with Crippen LogP contribution in [0.3, 0.4) is 0 Å². The molecule has 0 saturated carbocycles. The third kappa shape index (κ3) is 6.82. The van der Waals surface area contributed by atoms with Crippen molar-refractivity contribution in [3.8, 4) is 0 Å². The highest BCUT2D eigenvalue weighted by Crippen LogP contribution is 2.31. The fraction of sp³-hybridized carbons (Fsp3) is 0.351. The number of benzene rings is 3. The number of hydrogen-bond donors (Lipinski definition) is 3. The molecule has 6 aromatic rings. The fourth-order valence-electron chi connectivity index (χ4n) is 5.82. The first kappa shape index (κ1) is 31.4. The lowest BCUT2D eigenvalue weighted by Gasteiger charge is -2.19. The summed E-state index contributed by atoms with van der Waals surface area (Å²) >= 11 is 6.78. The first-order chi connectivity index (χ1) is 21.7. The zero-order valence-corrected chi connectivity index (χ0v) is 27.1. The van der Waals surface area contributed by atoms with Crippen molar-refractivity contribution in [2.75, 3.05) is 7.05 Å². The maximum absolute atomic E-state index is 15.6. The molecule has 0 radical (unpaired) electrons. The Kier molecular flexibility index (Phi) is 9.33. The third-order valence-electron chi connectivity index (χ3n) is 9.11. The zero-order chi connectivity index (χ0) is 31.7. The van der Waals surface area contributed by atoms with Gasteiger partial charge in [0.1, 0.15) is 34.4 Å². The van der Waals surface area contributed by atoms with Crippen LogP contribution in [0.15, 0.2) is 92.3 Å². The molecule has 3 aromatic heterocycles. The van der Waals surface area contributed by atoms with Gasteiger partial charge in [-0.3, -0.25) is 0 Å². The molecule has 0 aliphatic carbocycles. The largest absolute Gasteiger partial charge is 0.464 e. The van der Waals surface area contributed by atoms with Crippen LogP contribution in [-0.2, 0) is 13.1 Å². The summed E-state index contributed by atoms with van der Waals surface area (Å²) in [5.41, 5.74) is 5.12. The number of rotatable bonds is 13. The van der Waals surface area contributed by atoms with Gasteiger partial charge in [0.15, 0.2) is 0 Å². The van der Waals surface area contributed by atoms with Crippen LogP contribution < -0.4 is 16.0 Å². The first-order valence-electron chi connectivity index (χ1n) is 15.6. The second-order valence-electron chi connectivity index (χ2n) is 12.2. The van der Waals surface area contributed by atoms with Gasteiger partial charge in [-0.15, -0.1) is 11.6 Å². The molecule has 3 heterocycles. The van der Waals surface area contributed by atoms with E-state index in [2.05, 4.69) is 48.0 Å². The van der Waals surface area contributed by atoms with Crippen molar-refractivity contribution >= 4 is 44.5 Å². The molecule has 8 heteroatoms. The van der Waals surface area contributed by atoms with Gasteiger partial charge in [0.25, 0.3) is 0 Å². The van der Waals surface area contributed by atoms with Crippen molar-refractivity contribution in [3.05, 3.63) is 107 Å². The van der Waals surface area contributed by atoms with E-state index in [-0.39, 0.29) is 11.4 Å². The molecule has 0 aliphatic rings. The van der Waals surface area contributed by atoms with Crippen molar-refractivity contribution in [1.29, 1.82) is 0 Å². The predicted molar refractivity (Wildman–Crippen MR) is 181 cm³/mol. The van der Waals surface area contributed by atoms with E-state index < -0.39 is 12.2 Å². The Hall–Kier alpha value is -3.62. The topological polar surface area (TPSA) is 75.5 Å².